The van der Waals surface area contributed by atoms with Crippen LogP contribution in [0.2, 0.25) is 0 Å². The average Bonchev–Trinajstić information content (AvgIpc) is 2.14. The second kappa shape index (κ2) is 9.82. The van der Waals surface area contributed by atoms with E-state index in [2.05, 4.69) is 39.5 Å². The highest BCUT2D eigenvalue weighted by Crippen LogP contribution is 2.02. The molecule has 0 rings (SSSR count). The zero-order valence-corrected chi connectivity index (χ0v) is 12.4. The van der Waals surface area contributed by atoms with Gasteiger partial charge < -0.3 is 5.11 Å². The third-order valence-corrected chi connectivity index (χ3v) is 3.06. The molecule has 0 fully saturated rings. The zero-order valence-electron chi connectivity index (χ0n) is 11.5. The fourth-order valence-corrected chi connectivity index (χ4v) is 2.07. The Morgan fingerprint density at radius 3 is 1.59 bits per heavy atom. The predicted octanol–water partition coefficient (Wildman–Crippen LogP) is 1.38. The van der Waals surface area contributed by atoms with Gasteiger partial charge in [0.25, 0.3) is 10.1 Å². The van der Waals surface area contributed by atoms with E-state index in [4.69, 9.17) is 9.66 Å². The third-order valence-electron chi connectivity index (χ3n) is 2.25. The second-order valence-corrected chi connectivity index (χ2v) is 5.95. The minimum absolute atomic E-state index is 0.0961. The molecule has 0 radical (unpaired) electrons. The first kappa shape index (κ1) is 19.2. The lowest BCUT2D eigenvalue weighted by molar-refractivity contribution is 0.185. The molecular formula is C11H27NO4S. The van der Waals surface area contributed by atoms with Crippen molar-refractivity contribution < 1.29 is 18.1 Å². The topological polar surface area (TPSA) is 77.8 Å². The highest BCUT2D eigenvalue weighted by Gasteiger charge is 2.08. The number of hydrogen-bond acceptors (Lipinski definition) is 4. The van der Waals surface area contributed by atoms with Gasteiger partial charge in [-0.25, -0.2) is 0 Å². The molecule has 0 unspecified atom stereocenters. The largest absolute Gasteiger partial charge is 0.396 e. The van der Waals surface area contributed by atoms with Crippen molar-refractivity contribution in [2.24, 2.45) is 0 Å². The first-order valence-corrected chi connectivity index (χ1v) is 7.58. The van der Waals surface area contributed by atoms with E-state index in [1.165, 1.54) is 0 Å². The number of nitrogens with zero attached hydrogens (tertiary/aromatic N) is 1. The van der Waals surface area contributed by atoms with Crippen molar-refractivity contribution in [2.45, 2.75) is 53.1 Å². The smallest absolute Gasteiger partial charge is 0.264 e. The van der Waals surface area contributed by atoms with Gasteiger partial charge in [0.1, 0.15) is 0 Å². The van der Waals surface area contributed by atoms with E-state index in [0.29, 0.717) is 12.1 Å². The fourth-order valence-electron chi connectivity index (χ4n) is 1.57. The van der Waals surface area contributed by atoms with Crippen molar-refractivity contribution in [3.8, 4) is 0 Å². The van der Waals surface area contributed by atoms with Gasteiger partial charge in [-0.05, 0) is 40.7 Å². The molecule has 5 nitrogen and oxygen atoms in total. The lowest BCUT2D eigenvalue weighted by Crippen LogP contribution is -2.36. The molecule has 0 heterocycles. The van der Waals surface area contributed by atoms with Crippen LogP contribution < -0.4 is 0 Å². The summed E-state index contributed by atoms with van der Waals surface area (Å²) in [6.07, 6.45) is 0.0961. The van der Waals surface area contributed by atoms with Crippen molar-refractivity contribution in [1.82, 2.24) is 4.90 Å². The zero-order chi connectivity index (χ0) is 14.1. The van der Waals surface area contributed by atoms with Crippen LogP contribution in [-0.2, 0) is 10.1 Å². The Morgan fingerprint density at radius 2 is 1.53 bits per heavy atom. The van der Waals surface area contributed by atoms with Crippen LogP contribution in [0.5, 0.6) is 0 Å². The Balaban J connectivity index is 0. The maximum atomic E-state index is 9.83. The fraction of sp³-hybridized carbons (Fsp3) is 1.00. The molecule has 0 spiro atoms. The summed E-state index contributed by atoms with van der Waals surface area (Å²) in [5.41, 5.74) is 0. The van der Waals surface area contributed by atoms with Crippen LogP contribution in [-0.4, -0.2) is 54.0 Å². The average molecular weight is 269 g/mol. The van der Waals surface area contributed by atoms with Gasteiger partial charge in [-0.15, -0.1) is 0 Å². The number of aliphatic hydroxyl groups excluding tert-OH is 1. The molecule has 0 saturated heterocycles. The summed E-state index contributed by atoms with van der Waals surface area (Å²) in [4.78, 5) is 2.46. The molecule has 106 valence electrons. The van der Waals surface area contributed by atoms with Crippen LogP contribution in [0.1, 0.15) is 41.0 Å². The van der Waals surface area contributed by atoms with Crippen molar-refractivity contribution in [3.05, 3.63) is 0 Å². The SMILES string of the molecule is CCN(C(C)C)C(C)C.O=S(=O)(O)CCCO. The van der Waals surface area contributed by atoms with E-state index in [0.717, 1.165) is 6.54 Å². The summed E-state index contributed by atoms with van der Waals surface area (Å²) in [5, 5.41) is 8.05. The first-order chi connectivity index (χ1) is 7.65. The van der Waals surface area contributed by atoms with Gasteiger partial charge in [0.05, 0.1) is 5.75 Å². The van der Waals surface area contributed by atoms with Crippen LogP contribution in [0.3, 0.4) is 0 Å². The predicted molar refractivity (Wildman–Crippen MR) is 70.8 cm³/mol. The van der Waals surface area contributed by atoms with Crippen LogP contribution >= 0.6 is 0 Å². The quantitative estimate of drug-likeness (QED) is 0.712. The van der Waals surface area contributed by atoms with E-state index >= 15 is 0 Å². The Morgan fingerprint density at radius 1 is 1.12 bits per heavy atom. The molecule has 0 atom stereocenters. The summed E-state index contributed by atoms with van der Waals surface area (Å²) in [6, 6.07) is 1.38. The highest BCUT2D eigenvalue weighted by atomic mass is 32.2. The molecule has 6 heteroatoms. The molecule has 0 aromatic rings. The summed E-state index contributed by atoms with van der Waals surface area (Å²) in [6.45, 7) is 12.1. The Labute approximate surface area is 106 Å². The molecule has 0 bridgehead atoms. The third kappa shape index (κ3) is 13.8. The first-order valence-electron chi connectivity index (χ1n) is 5.97. The molecule has 0 aromatic carbocycles. The minimum atomic E-state index is -3.85. The van der Waals surface area contributed by atoms with Gasteiger partial charge >= 0.3 is 0 Å². The molecule has 0 aliphatic heterocycles. The van der Waals surface area contributed by atoms with E-state index in [-0.39, 0.29) is 18.8 Å². The Bertz CT molecular complexity index is 255. The van der Waals surface area contributed by atoms with Crippen LogP contribution in [0.15, 0.2) is 0 Å². The van der Waals surface area contributed by atoms with Gasteiger partial charge in [-0.1, -0.05) is 6.92 Å². The molecule has 2 N–H and O–H groups in total. The molecule has 17 heavy (non-hydrogen) atoms. The van der Waals surface area contributed by atoms with Crippen LogP contribution in [0.25, 0.3) is 0 Å². The molecule has 0 amide bonds. The van der Waals surface area contributed by atoms with Gasteiger partial charge in [-0.3, -0.25) is 9.45 Å². The lowest BCUT2D eigenvalue weighted by Gasteiger charge is -2.28. The normalized spacial score (nSPS) is 11.9. The van der Waals surface area contributed by atoms with Gasteiger partial charge in [-0.2, -0.15) is 8.42 Å². The monoisotopic (exact) mass is 269 g/mol. The maximum Gasteiger partial charge on any atom is 0.264 e. The van der Waals surface area contributed by atoms with E-state index in [1.807, 2.05) is 0 Å². The lowest BCUT2D eigenvalue weighted by atomic mass is 10.2. The Hall–Kier alpha value is -0.170. The minimum Gasteiger partial charge on any atom is -0.396 e. The van der Waals surface area contributed by atoms with Crippen molar-refractivity contribution >= 4 is 10.1 Å². The number of aliphatic hydroxyl groups is 1. The molecular weight excluding hydrogens is 242 g/mol. The van der Waals surface area contributed by atoms with Crippen molar-refractivity contribution in [1.29, 1.82) is 0 Å². The summed E-state index contributed by atoms with van der Waals surface area (Å²) < 4.78 is 27.7. The standard InChI is InChI=1S/C8H19N.C3H8O4S/c1-6-9(7(2)3)8(4)5;4-2-1-3-8(5,6)7/h7-8H,6H2,1-5H3;4H,1-3H2,(H,5,6,7). The molecule has 0 aliphatic carbocycles. The highest BCUT2D eigenvalue weighted by molar-refractivity contribution is 7.85. The van der Waals surface area contributed by atoms with Gasteiger partial charge in [0.2, 0.25) is 0 Å². The van der Waals surface area contributed by atoms with E-state index < -0.39 is 10.1 Å². The van der Waals surface area contributed by atoms with E-state index in [9.17, 15) is 8.42 Å². The van der Waals surface area contributed by atoms with Gasteiger partial charge in [0, 0.05) is 18.7 Å². The number of hydrogen-bond donors (Lipinski definition) is 2. The van der Waals surface area contributed by atoms with Gasteiger partial charge in [0.15, 0.2) is 0 Å². The molecule has 0 saturated carbocycles. The summed E-state index contributed by atoms with van der Waals surface area (Å²) in [5.74, 6) is -0.358. The molecule has 0 aromatic heterocycles. The maximum absolute atomic E-state index is 9.83. The van der Waals surface area contributed by atoms with Crippen molar-refractivity contribution in [2.75, 3.05) is 18.9 Å². The summed E-state index contributed by atoms with van der Waals surface area (Å²) >= 11 is 0. The van der Waals surface area contributed by atoms with Crippen LogP contribution in [0, 0.1) is 0 Å². The van der Waals surface area contributed by atoms with E-state index in [1.54, 1.807) is 0 Å². The summed E-state index contributed by atoms with van der Waals surface area (Å²) in [7, 11) is -3.85. The molecule has 0 aliphatic rings. The number of rotatable bonds is 6. The Kier molecular flexibility index (Phi) is 11.1. The van der Waals surface area contributed by atoms with Crippen LogP contribution in [0.4, 0.5) is 0 Å². The van der Waals surface area contributed by atoms with Crippen molar-refractivity contribution in [3.63, 3.8) is 0 Å². The second-order valence-electron chi connectivity index (χ2n) is 4.38.